The van der Waals surface area contributed by atoms with Crippen LogP contribution in [0.1, 0.15) is 63.4 Å². The molecule has 0 spiro atoms. The molecule has 1 saturated carbocycles. The van der Waals surface area contributed by atoms with Crippen LogP contribution in [0.3, 0.4) is 0 Å². The Balaban J connectivity index is 0.00000243. The van der Waals surface area contributed by atoms with Crippen LogP contribution in [0, 0.1) is 0 Å². The van der Waals surface area contributed by atoms with Gasteiger partial charge in [-0.05, 0) is 49.9 Å². The van der Waals surface area contributed by atoms with Gasteiger partial charge in [-0.3, -0.25) is 4.79 Å². The molecule has 1 amide bonds. The minimum atomic E-state index is -0.246. The summed E-state index contributed by atoms with van der Waals surface area (Å²) in [7, 11) is 0. The topological polar surface area (TPSA) is 73.6 Å². The van der Waals surface area contributed by atoms with Gasteiger partial charge in [-0.15, -0.1) is 12.4 Å². The molecule has 6 heteroatoms. The monoisotopic (exact) mass is 382 g/mol. The molecule has 3 rings (SSSR count). The summed E-state index contributed by atoms with van der Waals surface area (Å²) in [4.78, 5) is 12.5. The highest BCUT2D eigenvalue weighted by Gasteiger charge is 2.37. The number of nitrogens with one attached hydrogen (secondary N) is 1. The lowest BCUT2D eigenvalue weighted by Gasteiger charge is -2.32. The van der Waals surface area contributed by atoms with Gasteiger partial charge in [0, 0.05) is 6.42 Å². The van der Waals surface area contributed by atoms with Crippen molar-refractivity contribution in [1.29, 1.82) is 0 Å². The third-order valence-corrected chi connectivity index (χ3v) is 5.29. The summed E-state index contributed by atoms with van der Waals surface area (Å²) in [6.45, 7) is 1.91. The maximum atomic E-state index is 12.5. The Morgan fingerprint density at radius 2 is 1.73 bits per heavy atom. The number of ether oxygens (including phenoxy) is 2. The first-order valence-electron chi connectivity index (χ1n) is 9.65. The van der Waals surface area contributed by atoms with Gasteiger partial charge in [-0.1, -0.05) is 31.7 Å². The number of rotatable bonds is 8. The summed E-state index contributed by atoms with van der Waals surface area (Å²) >= 11 is 0. The van der Waals surface area contributed by atoms with E-state index in [1.54, 1.807) is 0 Å². The molecule has 5 nitrogen and oxygen atoms in total. The van der Waals surface area contributed by atoms with Crippen LogP contribution in [0.25, 0.3) is 0 Å². The Labute approximate surface area is 162 Å². The Hall–Kier alpha value is -1.46. The third kappa shape index (κ3) is 5.04. The normalized spacial score (nSPS) is 17.4. The van der Waals surface area contributed by atoms with Crippen molar-refractivity contribution in [1.82, 2.24) is 5.32 Å². The number of nitrogens with two attached hydrogens (primary N) is 1. The van der Waals surface area contributed by atoms with Gasteiger partial charge in [-0.2, -0.15) is 0 Å². The molecule has 1 aliphatic carbocycles. The molecule has 0 bridgehead atoms. The molecule has 0 radical (unpaired) electrons. The van der Waals surface area contributed by atoms with E-state index in [2.05, 4.69) is 17.4 Å². The first-order valence-corrected chi connectivity index (χ1v) is 9.65. The van der Waals surface area contributed by atoms with Gasteiger partial charge >= 0.3 is 0 Å². The first kappa shape index (κ1) is 20.8. The highest BCUT2D eigenvalue weighted by Crippen LogP contribution is 2.42. The van der Waals surface area contributed by atoms with E-state index in [-0.39, 0.29) is 23.9 Å². The molecule has 1 fully saturated rings. The average molecular weight is 383 g/mol. The van der Waals surface area contributed by atoms with Crippen LogP contribution in [0.5, 0.6) is 11.5 Å². The predicted octanol–water partition coefficient (Wildman–Crippen LogP) is 3.67. The van der Waals surface area contributed by atoms with Crippen LogP contribution in [0.4, 0.5) is 0 Å². The Kier molecular flexibility index (Phi) is 8.04. The van der Waals surface area contributed by atoms with Crippen molar-refractivity contribution in [2.45, 2.75) is 63.3 Å². The van der Waals surface area contributed by atoms with E-state index in [9.17, 15) is 4.79 Å². The van der Waals surface area contributed by atoms with Crippen molar-refractivity contribution in [2.75, 3.05) is 19.8 Å². The van der Waals surface area contributed by atoms with Crippen molar-refractivity contribution >= 4 is 18.3 Å². The lowest BCUT2D eigenvalue weighted by Crippen LogP contribution is -2.43. The van der Waals surface area contributed by atoms with Crippen LogP contribution in [0.2, 0.25) is 0 Å². The molecule has 1 heterocycles. The zero-order valence-electron chi connectivity index (χ0n) is 15.4. The van der Waals surface area contributed by atoms with Gasteiger partial charge < -0.3 is 20.5 Å². The quantitative estimate of drug-likeness (QED) is 0.672. The molecule has 0 atom stereocenters. The highest BCUT2D eigenvalue weighted by molar-refractivity contribution is 5.85. The zero-order valence-corrected chi connectivity index (χ0v) is 16.2. The number of unbranched alkanes of at least 4 members (excludes halogenated alkanes) is 3. The standard InChI is InChI=1S/C20H30N2O3.ClH/c21-12-6-2-1-3-7-19(23)22-20(10-4-5-11-20)16-8-9-17-18(15-16)25-14-13-24-17;/h8-9,15H,1-7,10-14,21H2,(H,22,23);1H. The van der Waals surface area contributed by atoms with Gasteiger partial charge in [0.1, 0.15) is 13.2 Å². The second-order valence-corrected chi connectivity index (χ2v) is 7.15. The number of hydrogen-bond acceptors (Lipinski definition) is 4. The Bertz CT molecular complexity index is 588. The van der Waals surface area contributed by atoms with Crippen LogP contribution >= 0.6 is 12.4 Å². The van der Waals surface area contributed by atoms with Crippen molar-refractivity contribution in [3.8, 4) is 11.5 Å². The zero-order chi connectivity index (χ0) is 17.5. The maximum Gasteiger partial charge on any atom is 0.220 e. The molecule has 0 aromatic heterocycles. The molecule has 146 valence electrons. The first-order chi connectivity index (χ1) is 12.2. The molecule has 3 N–H and O–H groups in total. The van der Waals surface area contributed by atoms with Gasteiger partial charge in [-0.25, -0.2) is 0 Å². The van der Waals surface area contributed by atoms with Crippen molar-refractivity contribution < 1.29 is 14.3 Å². The third-order valence-electron chi connectivity index (χ3n) is 5.29. The van der Waals surface area contributed by atoms with Crippen LogP contribution in [-0.4, -0.2) is 25.7 Å². The van der Waals surface area contributed by atoms with E-state index in [4.69, 9.17) is 15.2 Å². The smallest absolute Gasteiger partial charge is 0.220 e. The van der Waals surface area contributed by atoms with Crippen molar-refractivity contribution in [3.05, 3.63) is 23.8 Å². The molecule has 26 heavy (non-hydrogen) atoms. The molecular weight excluding hydrogens is 352 g/mol. The second kappa shape index (κ2) is 10.0. The highest BCUT2D eigenvalue weighted by atomic mass is 35.5. The Morgan fingerprint density at radius 1 is 1.04 bits per heavy atom. The lowest BCUT2D eigenvalue weighted by atomic mass is 9.87. The SMILES string of the molecule is Cl.NCCCCCCC(=O)NC1(c2ccc3c(c2)OCCO3)CCCC1. The van der Waals surface area contributed by atoms with E-state index in [1.165, 1.54) is 0 Å². The number of fused-ring (bicyclic) bond motifs is 1. The van der Waals surface area contributed by atoms with Crippen LogP contribution in [-0.2, 0) is 10.3 Å². The fourth-order valence-electron chi connectivity index (χ4n) is 3.92. The molecule has 0 unspecified atom stereocenters. The molecule has 1 aromatic carbocycles. The predicted molar refractivity (Wildman–Crippen MR) is 105 cm³/mol. The van der Waals surface area contributed by atoms with Crippen LogP contribution in [0.15, 0.2) is 18.2 Å². The van der Waals surface area contributed by atoms with E-state index in [1.807, 2.05) is 6.07 Å². The molecule has 1 aromatic rings. The average Bonchev–Trinajstić information content (AvgIpc) is 3.10. The van der Waals surface area contributed by atoms with Gasteiger partial charge in [0.05, 0.1) is 5.54 Å². The van der Waals surface area contributed by atoms with Gasteiger partial charge in [0.2, 0.25) is 5.91 Å². The number of halogens is 1. The minimum absolute atomic E-state index is 0. The summed E-state index contributed by atoms with van der Waals surface area (Å²) in [6.07, 6.45) is 9.02. The molecule has 2 aliphatic rings. The van der Waals surface area contributed by atoms with E-state index >= 15 is 0 Å². The maximum absolute atomic E-state index is 12.5. The number of amides is 1. The molecule has 0 saturated heterocycles. The number of hydrogen-bond donors (Lipinski definition) is 2. The summed E-state index contributed by atoms with van der Waals surface area (Å²) in [6, 6.07) is 6.12. The van der Waals surface area contributed by atoms with Crippen molar-refractivity contribution in [2.24, 2.45) is 5.73 Å². The minimum Gasteiger partial charge on any atom is -0.486 e. The van der Waals surface area contributed by atoms with Crippen molar-refractivity contribution in [3.63, 3.8) is 0 Å². The summed E-state index contributed by atoms with van der Waals surface area (Å²) < 4.78 is 11.3. The fourth-order valence-corrected chi connectivity index (χ4v) is 3.92. The largest absolute Gasteiger partial charge is 0.486 e. The van der Waals surface area contributed by atoms with Gasteiger partial charge in [0.15, 0.2) is 11.5 Å². The summed E-state index contributed by atoms with van der Waals surface area (Å²) in [5, 5.41) is 3.35. The lowest BCUT2D eigenvalue weighted by molar-refractivity contribution is -0.123. The van der Waals surface area contributed by atoms with E-state index < -0.39 is 0 Å². The fraction of sp³-hybridized carbons (Fsp3) is 0.650. The van der Waals surface area contributed by atoms with E-state index in [0.29, 0.717) is 19.6 Å². The number of carbonyl (C=O) groups excluding carboxylic acids is 1. The number of benzene rings is 1. The van der Waals surface area contributed by atoms with Gasteiger partial charge in [0.25, 0.3) is 0 Å². The second-order valence-electron chi connectivity index (χ2n) is 7.15. The Morgan fingerprint density at radius 3 is 2.46 bits per heavy atom. The molecular formula is C20H31ClN2O3. The van der Waals surface area contributed by atoms with Crippen LogP contribution < -0.4 is 20.5 Å². The van der Waals surface area contributed by atoms with E-state index in [0.717, 1.165) is 75.0 Å². The summed E-state index contributed by atoms with van der Waals surface area (Å²) in [5.41, 5.74) is 6.41. The summed E-state index contributed by atoms with van der Waals surface area (Å²) in [5.74, 6) is 1.75. The number of carbonyl (C=O) groups is 1. The molecule has 1 aliphatic heterocycles.